The topological polar surface area (TPSA) is 28.2 Å². The van der Waals surface area contributed by atoms with Crippen molar-refractivity contribution in [2.75, 3.05) is 0 Å². The number of aromatic nitrogens is 1. The van der Waals surface area contributed by atoms with Crippen LogP contribution in [0.1, 0.15) is 76.2 Å². The van der Waals surface area contributed by atoms with Gasteiger partial charge in [-0.2, -0.15) is 0 Å². The lowest BCUT2D eigenvalue weighted by Gasteiger charge is -2.34. The Balaban J connectivity index is 1.63. The van der Waals surface area contributed by atoms with E-state index in [1.807, 2.05) is 18.5 Å². The van der Waals surface area contributed by atoms with Crippen molar-refractivity contribution in [3.8, 4) is 0 Å². The summed E-state index contributed by atoms with van der Waals surface area (Å²) in [7, 11) is 0. The maximum atomic E-state index is 5.86. The highest BCUT2D eigenvalue weighted by Gasteiger charge is 2.26. The minimum absolute atomic E-state index is 0.565. The second kappa shape index (κ2) is 9.36. The first-order valence-electron chi connectivity index (χ1n) is 9.79. The molecule has 0 saturated heterocycles. The van der Waals surface area contributed by atoms with Crippen molar-refractivity contribution in [2.45, 2.75) is 89.3 Å². The Hall–Kier alpha value is -1.16. The van der Waals surface area contributed by atoms with Crippen LogP contribution in [0.2, 0.25) is 0 Å². The summed E-state index contributed by atoms with van der Waals surface area (Å²) in [5, 5.41) is 4.69. The van der Waals surface area contributed by atoms with Gasteiger partial charge < -0.3 is 10.2 Å². The number of rotatable bonds is 4. The monoisotopic (exact) mass is 345 g/mol. The molecule has 2 aliphatic rings. The number of hydrogen-bond acceptors (Lipinski definition) is 2. The summed E-state index contributed by atoms with van der Waals surface area (Å²) in [5.41, 5.74) is 1.26. The summed E-state index contributed by atoms with van der Waals surface area (Å²) in [6.45, 7) is 0.886. The van der Waals surface area contributed by atoms with Gasteiger partial charge in [-0.05, 0) is 49.5 Å². The van der Waals surface area contributed by atoms with Crippen molar-refractivity contribution in [1.82, 2.24) is 15.2 Å². The first-order valence-corrected chi connectivity index (χ1v) is 10.2. The fourth-order valence-corrected chi connectivity index (χ4v) is 4.51. The van der Waals surface area contributed by atoms with Crippen molar-refractivity contribution in [2.24, 2.45) is 0 Å². The van der Waals surface area contributed by atoms with Gasteiger partial charge in [-0.15, -0.1) is 0 Å². The third kappa shape index (κ3) is 5.17. The normalized spacial score (nSPS) is 20.3. The lowest BCUT2D eigenvalue weighted by atomic mass is 9.97. The molecule has 0 aliphatic heterocycles. The van der Waals surface area contributed by atoms with Crippen molar-refractivity contribution in [3.05, 3.63) is 30.1 Å². The molecule has 0 bridgehead atoms. The molecule has 132 valence electrons. The van der Waals surface area contributed by atoms with Crippen LogP contribution in [0.3, 0.4) is 0 Å². The predicted octanol–water partition coefficient (Wildman–Crippen LogP) is 4.81. The largest absolute Gasteiger partial charge is 0.360 e. The Morgan fingerprint density at radius 2 is 1.71 bits per heavy atom. The molecule has 0 amide bonds. The highest BCUT2D eigenvalue weighted by atomic mass is 32.1. The maximum absolute atomic E-state index is 5.86. The van der Waals surface area contributed by atoms with Crippen molar-refractivity contribution < 1.29 is 0 Å². The zero-order chi connectivity index (χ0) is 16.6. The quantitative estimate of drug-likeness (QED) is 0.792. The molecule has 1 aromatic heterocycles. The minimum atomic E-state index is 0.565. The SMILES string of the molecule is S=C(NC1CCCCCCC1)N(Cc1cccnc1)C1CCCC1. The molecule has 0 unspecified atom stereocenters. The van der Waals surface area contributed by atoms with Crippen LogP contribution in [0.4, 0.5) is 0 Å². The molecular formula is C20H31N3S. The van der Waals surface area contributed by atoms with Crippen LogP contribution in [-0.4, -0.2) is 27.1 Å². The molecule has 0 radical (unpaired) electrons. The fourth-order valence-electron chi connectivity index (χ4n) is 4.13. The summed E-state index contributed by atoms with van der Waals surface area (Å²) in [6.07, 6.45) is 18.4. The van der Waals surface area contributed by atoms with Crippen LogP contribution in [-0.2, 0) is 6.54 Å². The van der Waals surface area contributed by atoms with E-state index in [9.17, 15) is 0 Å². The third-order valence-electron chi connectivity index (χ3n) is 5.53. The average molecular weight is 346 g/mol. The van der Waals surface area contributed by atoms with E-state index >= 15 is 0 Å². The highest BCUT2D eigenvalue weighted by molar-refractivity contribution is 7.80. The van der Waals surface area contributed by atoms with Crippen LogP contribution < -0.4 is 5.32 Å². The smallest absolute Gasteiger partial charge is 0.169 e. The molecule has 24 heavy (non-hydrogen) atoms. The lowest BCUT2D eigenvalue weighted by Crippen LogP contribution is -2.48. The van der Waals surface area contributed by atoms with E-state index in [1.54, 1.807) is 0 Å². The van der Waals surface area contributed by atoms with E-state index in [-0.39, 0.29) is 0 Å². The van der Waals surface area contributed by atoms with E-state index in [4.69, 9.17) is 12.2 Å². The van der Waals surface area contributed by atoms with Gasteiger partial charge in [0.25, 0.3) is 0 Å². The Labute approximate surface area is 152 Å². The van der Waals surface area contributed by atoms with Gasteiger partial charge >= 0.3 is 0 Å². The van der Waals surface area contributed by atoms with Crippen molar-refractivity contribution in [3.63, 3.8) is 0 Å². The van der Waals surface area contributed by atoms with E-state index in [0.717, 1.165) is 11.7 Å². The Kier molecular flexibility index (Phi) is 6.88. The van der Waals surface area contributed by atoms with E-state index in [2.05, 4.69) is 21.3 Å². The van der Waals surface area contributed by atoms with Crippen LogP contribution in [0.25, 0.3) is 0 Å². The highest BCUT2D eigenvalue weighted by Crippen LogP contribution is 2.26. The van der Waals surface area contributed by atoms with Gasteiger partial charge in [0.15, 0.2) is 5.11 Å². The van der Waals surface area contributed by atoms with E-state index in [0.29, 0.717) is 12.1 Å². The molecule has 3 nitrogen and oxygen atoms in total. The number of nitrogens with one attached hydrogen (secondary N) is 1. The zero-order valence-corrected chi connectivity index (χ0v) is 15.6. The molecule has 0 aromatic carbocycles. The average Bonchev–Trinajstić information content (AvgIpc) is 3.10. The maximum Gasteiger partial charge on any atom is 0.169 e. The third-order valence-corrected chi connectivity index (χ3v) is 5.89. The second-order valence-corrected chi connectivity index (χ2v) is 7.81. The van der Waals surface area contributed by atoms with Gasteiger partial charge in [0, 0.05) is 31.0 Å². The van der Waals surface area contributed by atoms with Crippen LogP contribution in [0.15, 0.2) is 24.5 Å². The Morgan fingerprint density at radius 3 is 2.38 bits per heavy atom. The lowest BCUT2D eigenvalue weighted by molar-refractivity contribution is 0.295. The minimum Gasteiger partial charge on any atom is -0.360 e. The van der Waals surface area contributed by atoms with Crippen molar-refractivity contribution in [1.29, 1.82) is 0 Å². The molecule has 0 spiro atoms. The van der Waals surface area contributed by atoms with Crippen LogP contribution in [0.5, 0.6) is 0 Å². The molecule has 3 rings (SSSR count). The number of thiocarbonyl (C=S) groups is 1. The molecule has 2 saturated carbocycles. The first kappa shape index (κ1) is 17.7. The molecule has 2 aliphatic carbocycles. The first-order chi connectivity index (χ1) is 11.8. The van der Waals surface area contributed by atoms with E-state index < -0.39 is 0 Å². The number of pyridine rings is 1. The Morgan fingerprint density at radius 1 is 1.04 bits per heavy atom. The molecule has 4 heteroatoms. The Bertz CT molecular complexity index is 491. The predicted molar refractivity (Wildman–Crippen MR) is 104 cm³/mol. The zero-order valence-electron chi connectivity index (χ0n) is 14.8. The number of nitrogens with zero attached hydrogens (tertiary/aromatic N) is 2. The summed E-state index contributed by atoms with van der Waals surface area (Å²) in [4.78, 5) is 6.71. The van der Waals surface area contributed by atoms with E-state index in [1.165, 1.54) is 76.2 Å². The fraction of sp³-hybridized carbons (Fsp3) is 0.700. The molecule has 2 fully saturated rings. The molecule has 1 aromatic rings. The summed E-state index contributed by atoms with van der Waals surface area (Å²) >= 11 is 5.86. The molecule has 1 N–H and O–H groups in total. The molecular weight excluding hydrogens is 314 g/mol. The van der Waals surface area contributed by atoms with Gasteiger partial charge in [-0.3, -0.25) is 4.98 Å². The van der Waals surface area contributed by atoms with Gasteiger partial charge in [0.1, 0.15) is 0 Å². The van der Waals surface area contributed by atoms with Gasteiger partial charge in [-0.25, -0.2) is 0 Å². The van der Waals surface area contributed by atoms with Gasteiger partial charge in [0.2, 0.25) is 0 Å². The molecule has 0 atom stereocenters. The van der Waals surface area contributed by atoms with Gasteiger partial charge in [0.05, 0.1) is 0 Å². The summed E-state index contributed by atoms with van der Waals surface area (Å²) in [6, 6.07) is 5.34. The number of hydrogen-bond donors (Lipinski definition) is 1. The van der Waals surface area contributed by atoms with Crippen molar-refractivity contribution >= 4 is 17.3 Å². The van der Waals surface area contributed by atoms with Gasteiger partial charge in [-0.1, -0.05) is 51.0 Å². The molecule has 1 heterocycles. The summed E-state index contributed by atoms with van der Waals surface area (Å²) < 4.78 is 0. The second-order valence-electron chi connectivity index (χ2n) is 7.42. The van der Waals surface area contributed by atoms with Crippen LogP contribution in [0, 0.1) is 0 Å². The van der Waals surface area contributed by atoms with Crippen LogP contribution >= 0.6 is 12.2 Å². The summed E-state index contributed by atoms with van der Waals surface area (Å²) in [5.74, 6) is 0. The standard InChI is InChI=1S/C20H31N3S/c24-20(22-18-10-4-2-1-3-5-11-18)23(19-12-6-7-13-19)16-17-9-8-14-21-15-17/h8-9,14-15,18-19H,1-7,10-13,16H2,(H,22,24).